The zero-order chi connectivity index (χ0) is 15.7. The van der Waals surface area contributed by atoms with Gasteiger partial charge in [-0.1, -0.05) is 13.8 Å². The highest BCUT2D eigenvalue weighted by Crippen LogP contribution is 2.64. The normalized spacial score (nSPS) is 22.3. The summed E-state index contributed by atoms with van der Waals surface area (Å²) in [4.78, 5) is 24.7. The van der Waals surface area contributed by atoms with Gasteiger partial charge < -0.3 is 14.8 Å². The second kappa shape index (κ2) is 5.39. The van der Waals surface area contributed by atoms with E-state index in [1.807, 2.05) is 13.8 Å². The highest BCUT2D eigenvalue weighted by atomic mass is 16.5. The van der Waals surface area contributed by atoms with Gasteiger partial charge in [0.05, 0.1) is 13.7 Å². The number of hydrogen-bond acceptors (Lipinski definition) is 4. The van der Waals surface area contributed by atoms with Gasteiger partial charge >= 0.3 is 5.97 Å². The lowest BCUT2D eigenvalue weighted by atomic mass is 9.94. The van der Waals surface area contributed by atoms with E-state index in [0.29, 0.717) is 17.9 Å². The van der Waals surface area contributed by atoms with Crippen LogP contribution < -0.4 is 10.1 Å². The van der Waals surface area contributed by atoms with Crippen LogP contribution in [0.2, 0.25) is 0 Å². The first-order chi connectivity index (χ1) is 9.87. The summed E-state index contributed by atoms with van der Waals surface area (Å²) in [5.74, 6) is -0.0445. The number of carbonyl (C=O) groups excluding carboxylic acids is 2. The van der Waals surface area contributed by atoms with Crippen molar-refractivity contribution in [3.8, 4) is 5.75 Å². The first-order valence-corrected chi connectivity index (χ1v) is 7.00. The molecule has 21 heavy (non-hydrogen) atoms. The van der Waals surface area contributed by atoms with Gasteiger partial charge in [0.25, 0.3) is 0 Å². The molecule has 1 aromatic rings. The van der Waals surface area contributed by atoms with Crippen LogP contribution in [0.5, 0.6) is 5.75 Å². The monoisotopic (exact) mass is 291 g/mol. The van der Waals surface area contributed by atoms with E-state index in [0.717, 1.165) is 0 Å². The minimum absolute atomic E-state index is 0.270. The van der Waals surface area contributed by atoms with Crippen LogP contribution in [0, 0.1) is 10.8 Å². The van der Waals surface area contributed by atoms with Crippen LogP contribution >= 0.6 is 0 Å². The Morgan fingerprint density at radius 3 is 2.24 bits per heavy atom. The lowest BCUT2D eigenvalue weighted by Gasteiger charge is -2.18. The Morgan fingerprint density at radius 1 is 1.24 bits per heavy atom. The van der Waals surface area contributed by atoms with Crippen molar-refractivity contribution in [2.45, 2.75) is 27.2 Å². The number of esters is 1. The van der Waals surface area contributed by atoms with E-state index in [-0.39, 0.29) is 17.9 Å². The molecule has 1 aromatic carbocycles. The molecule has 1 saturated carbocycles. The van der Waals surface area contributed by atoms with Crippen LogP contribution in [0.3, 0.4) is 0 Å². The minimum Gasteiger partial charge on any atom is -0.497 e. The predicted molar refractivity (Wildman–Crippen MR) is 79.1 cm³/mol. The molecule has 2 rings (SSSR count). The van der Waals surface area contributed by atoms with Crippen LogP contribution in [-0.4, -0.2) is 25.6 Å². The Kier molecular flexibility index (Phi) is 3.94. The molecule has 1 fully saturated rings. The summed E-state index contributed by atoms with van der Waals surface area (Å²) in [6.07, 6.45) is 0.501. The molecule has 1 aliphatic carbocycles. The number of amides is 1. The molecule has 5 heteroatoms. The summed E-state index contributed by atoms with van der Waals surface area (Å²) in [5, 5.41) is 2.80. The highest BCUT2D eigenvalue weighted by Gasteiger charge is 2.72. The number of carbonyl (C=O) groups is 2. The smallest absolute Gasteiger partial charge is 0.322 e. The van der Waals surface area contributed by atoms with Gasteiger partial charge in [0.15, 0.2) is 5.41 Å². The van der Waals surface area contributed by atoms with E-state index < -0.39 is 11.4 Å². The molecule has 0 spiro atoms. The molecule has 5 nitrogen and oxygen atoms in total. The summed E-state index contributed by atoms with van der Waals surface area (Å²) >= 11 is 0. The van der Waals surface area contributed by atoms with E-state index >= 15 is 0 Å². The second-order valence-electron chi connectivity index (χ2n) is 5.87. The third-order valence-corrected chi connectivity index (χ3v) is 4.10. The number of nitrogens with one attached hydrogen (secondary N) is 1. The number of rotatable bonds is 5. The second-order valence-corrected chi connectivity index (χ2v) is 5.87. The summed E-state index contributed by atoms with van der Waals surface area (Å²) in [7, 11) is 1.58. The molecule has 1 atom stereocenters. The van der Waals surface area contributed by atoms with E-state index in [4.69, 9.17) is 9.47 Å². The first-order valence-electron chi connectivity index (χ1n) is 7.00. The van der Waals surface area contributed by atoms with Crippen molar-refractivity contribution in [1.29, 1.82) is 0 Å². The molecule has 0 heterocycles. The fraction of sp³-hybridized carbons (Fsp3) is 0.500. The average Bonchev–Trinajstić information content (AvgIpc) is 3.04. The SMILES string of the molecule is CCOC(=O)C1(C(=O)Nc2ccc(OC)cc2)CC1(C)C. The van der Waals surface area contributed by atoms with Gasteiger partial charge in [-0.25, -0.2) is 0 Å². The van der Waals surface area contributed by atoms with E-state index in [1.54, 1.807) is 38.3 Å². The van der Waals surface area contributed by atoms with Gasteiger partial charge in [-0.2, -0.15) is 0 Å². The summed E-state index contributed by atoms with van der Waals surface area (Å²) < 4.78 is 10.2. The summed E-state index contributed by atoms with van der Waals surface area (Å²) in [5.41, 5.74) is -0.828. The Hall–Kier alpha value is -2.04. The van der Waals surface area contributed by atoms with Crippen molar-refractivity contribution in [2.75, 3.05) is 19.0 Å². The van der Waals surface area contributed by atoms with Gasteiger partial charge in [0.2, 0.25) is 5.91 Å². The third kappa shape index (κ3) is 2.60. The number of hydrogen-bond donors (Lipinski definition) is 1. The Balaban J connectivity index is 2.15. The zero-order valence-electron chi connectivity index (χ0n) is 12.9. The lowest BCUT2D eigenvalue weighted by molar-refractivity contribution is -0.154. The van der Waals surface area contributed by atoms with Crippen molar-refractivity contribution in [1.82, 2.24) is 0 Å². The zero-order valence-corrected chi connectivity index (χ0v) is 12.9. The fourth-order valence-electron chi connectivity index (χ4n) is 2.61. The van der Waals surface area contributed by atoms with Crippen LogP contribution in [-0.2, 0) is 14.3 Å². The van der Waals surface area contributed by atoms with Gasteiger partial charge in [0, 0.05) is 5.69 Å². The molecular weight excluding hydrogens is 270 g/mol. The lowest BCUT2D eigenvalue weighted by Crippen LogP contribution is -2.36. The third-order valence-electron chi connectivity index (χ3n) is 4.10. The Morgan fingerprint density at radius 2 is 1.81 bits per heavy atom. The molecule has 1 N–H and O–H groups in total. The van der Waals surface area contributed by atoms with E-state index in [2.05, 4.69) is 5.32 Å². The molecule has 0 radical (unpaired) electrons. The van der Waals surface area contributed by atoms with Crippen LogP contribution in [0.1, 0.15) is 27.2 Å². The number of ether oxygens (including phenoxy) is 2. The maximum atomic E-state index is 12.5. The van der Waals surface area contributed by atoms with Crippen molar-refractivity contribution < 1.29 is 19.1 Å². The van der Waals surface area contributed by atoms with Crippen LogP contribution in [0.25, 0.3) is 0 Å². The van der Waals surface area contributed by atoms with Crippen LogP contribution in [0.15, 0.2) is 24.3 Å². The van der Waals surface area contributed by atoms with Crippen molar-refractivity contribution >= 4 is 17.6 Å². The molecule has 114 valence electrons. The van der Waals surface area contributed by atoms with Gasteiger partial charge in [-0.3, -0.25) is 9.59 Å². The number of benzene rings is 1. The average molecular weight is 291 g/mol. The topological polar surface area (TPSA) is 64.6 Å². The van der Waals surface area contributed by atoms with Crippen LogP contribution in [0.4, 0.5) is 5.69 Å². The molecule has 0 saturated heterocycles. The van der Waals surface area contributed by atoms with Crippen molar-refractivity contribution in [3.63, 3.8) is 0 Å². The van der Waals surface area contributed by atoms with E-state index in [9.17, 15) is 9.59 Å². The maximum Gasteiger partial charge on any atom is 0.322 e. The molecule has 1 unspecified atom stereocenters. The van der Waals surface area contributed by atoms with E-state index in [1.165, 1.54) is 0 Å². The molecule has 0 bridgehead atoms. The first kappa shape index (κ1) is 15.4. The Labute approximate surface area is 124 Å². The van der Waals surface area contributed by atoms with Gasteiger partial charge in [0.1, 0.15) is 5.75 Å². The summed E-state index contributed by atoms with van der Waals surface area (Å²) in [6.45, 7) is 5.81. The largest absolute Gasteiger partial charge is 0.497 e. The van der Waals surface area contributed by atoms with Gasteiger partial charge in [-0.15, -0.1) is 0 Å². The van der Waals surface area contributed by atoms with Crippen molar-refractivity contribution in [3.05, 3.63) is 24.3 Å². The predicted octanol–water partition coefficient (Wildman–Crippen LogP) is 2.61. The molecular formula is C16H21NO4. The highest BCUT2D eigenvalue weighted by molar-refractivity contribution is 6.12. The minimum atomic E-state index is -1.08. The standard InChI is InChI=1S/C16H21NO4/c1-5-21-14(19)16(10-15(16,2)3)13(18)17-11-6-8-12(20-4)9-7-11/h6-9H,5,10H2,1-4H3,(H,17,18). The molecule has 1 amide bonds. The fourth-order valence-corrected chi connectivity index (χ4v) is 2.61. The molecule has 0 aliphatic heterocycles. The summed E-state index contributed by atoms with van der Waals surface area (Å²) in [6, 6.07) is 6.99. The Bertz CT molecular complexity index is 550. The quantitative estimate of drug-likeness (QED) is 0.669. The van der Waals surface area contributed by atoms with Crippen molar-refractivity contribution in [2.24, 2.45) is 10.8 Å². The molecule has 0 aromatic heterocycles. The number of methoxy groups -OCH3 is 1. The van der Waals surface area contributed by atoms with Gasteiger partial charge in [-0.05, 0) is 43.0 Å². The maximum absolute atomic E-state index is 12.5. The number of anilines is 1. The molecule has 1 aliphatic rings.